The molecule has 1 fully saturated rings. The molecule has 0 bridgehead atoms. The van der Waals surface area contributed by atoms with Crippen molar-refractivity contribution in [3.63, 3.8) is 0 Å². The third-order valence-corrected chi connectivity index (χ3v) is 12.0. The first-order valence-electron chi connectivity index (χ1n) is 27.3. The van der Waals surface area contributed by atoms with Crippen LogP contribution in [-0.2, 0) is 38.3 Å². The molecule has 6 atom stereocenters. The summed E-state index contributed by atoms with van der Waals surface area (Å²) in [5, 5.41) is 30.8. The van der Waals surface area contributed by atoms with Gasteiger partial charge in [-0.3, -0.25) is 9.35 Å². The SMILES string of the molecule is CC/C=C\C/C=C\C/C=C\C/C=C\C/C=C\CCCCCCCCCC(=O)OC(COCCCCCCCC/C=C\C/C=C\C/C=C\C/C=C\C/C=C\CC)COC1OC(CO)C(O)C(OS(=O)(=O)O)C1O. The predicted octanol–water partition coefficient (Wildman–Crippen LogP) is 13.3. The molecular weight excluding hydrogens is 933 g/mol. The van der Waals surface area contributed by atoms with Crippen molar-refractivity contribution in [3.8, 4) is 0 Å². The van der Waals surface area contributed by atoms with Gasteiger partial charge in [0.2, 0.25) is 0 Å². The topological polar surface area (TPSA) is 178 Å². The van der Waals surface area contributed by atoms with Gasteiger partial charge in [0.15, 0.2) is 6.29 Å². The number of esters is 1. The second-order valence-electron chi connectivity index (χ2n) is 18.1. The van der Waals surface area contributed by atoms with Crippen molar-refractivity contribution in [3.05, 3.63) is 122 Å². The number of aliphatic hydroxyl groups excluding tert-OH is 3. The number of aliphatic hydroxyl groups is 3. The molecule has 1 aliphatic heterocycles. The summed E-state index contributed by atoms with van der Waals surface area (Å²) in [6.07, 6.45) is 60.8. The maximum atomic E-state index is 12.9. The van der Waals surface area contributed by atoms with Crippen molar-refractivity contribution in [1.29, 1.82) is 0 Å². The largest absolute Gasteiger partial charge is 0.457 e. The van der Waals surface area contributed by atoms with Crippen LogP contribution in [0.5, 0.6) is 0 Å². The van der Waals surface area contributed by atoms with Gasteiger partial charge in [-0.2, -0.15) is 8.42 Å². The molecule has 0 radical (unpaired) electrons. The molecule has 0 saturated carbocycles. The molecule has 0 spiro atoms. The molecule has 12 nitrogen and oxygen atoms in total. The summed E-state index contributed by atoms with van der Waals surface area (Å²) in [5.41, 5.74) is 0. The van der Waals surface area contributed by atoms with Gasteiger partial charge < -0.3 is 34.3 Å². The van der Waals surface area contributed by atoms with Gasteiger partial charge in [0, 0.05) is 13.0 Å². The second-order valence-corrected chi connectivity index (χ2v) is 19.1. The van der Waals surface area contributed by atoms with Gasteiger partial charge in [0.1, 0.15) is 30.5 Å². The van der Waals surface area contributed by atoms with Crippen molar-refractivity contribution in [2.45, 2.75) is 218 Å². The molecule has 1 rings (SSSR count). The van der Waals surface area contributed by atoms with Crippen molar-refractivity contribution in [2.75, 3.05) is 26.4 Å². The maximum Gasteiger partial charge on any atom is 0.397 e. The smallest absolute Gasteiger partial charge is 0.397 e. The van der Waals surface area contributed by atoms with Crippen LogP contribution in [0, 0.1) is 0 Å². The molecule has 0 aliphatic carbocycles. The van der Waals surface area contributed by atoms with Crippen LogP contribution in [0.3, 0.4) is 0 Å². The molecule has 0 aromatic rings. The van der Waals surface area contributed by atoms with E-state index in [9.17, 15) is 33.1 Å². The highest BCUT2D eigenvalue weighted by molar-refractivity contribution is 7.80. The zero-order chi connectivity index (χ0) is 52.4. The molecule has 1 heterocycles. The third kappa shape index (κ3) is 40.9. The van der Waals surface area contributed by atoms with E-state index in [1.54, 1.807) is 0 Å². The van der Waals surface area contributed by atoms with E-state index in [0.717, 1.165) is 148 Å². The lowest BCUT2D eigenvalue weighted by molar-refractivity contribution is -0.301. The van der Waals surface area contributed by atoms with Gasteiger partial charge in [-0.05, 0) is 103 Å². The third-order valence-electron chi connectivity index (χ3n) is 11.6. The maximum absolute atomic E-state index is 12.9. The fourth-order valence-electron chi connectivity index (χ4n) is 7.55. The predicted molar refractivity (Wildman–Crippen MR) is 294 cm³/mol. The van der Waals surface area contributed by atoms with Crippen LogP contribution in [0.2, 0.25) is 0 Å². The molecular formula is C59H96O12S. The van der Waals surface area contributed by atoms with Crippen molar-refractivity contribution in [1.82, 2.24) is 0 Å². The Morgan fingerprint density at radius 3 is 1.33 bits per heavy atom. The lowest BCUT2D eigenvalue weighted by atomic mass is 9.99. The van der Waals surface area contributed by atoms with Gasteiger partial charge in [0.25, 0.3) is 0 Å². The van der Waals surface area contributed by atoms with E-state index in [4.69, 9.17) is 18.9 Å². The standard InChI is InChI=1S/C59H96O12S/c1-3-5-7-9-11-13-15-17-19-21-23-25-27-28-30-32-34-36-38-40-42-44-46-48-55(61)69-53(52-68-59-57(63)58(71-72(64,65)66)56(62)54(50-60)70-59)51-67-49-47-45-43-41-39-37-35-33-31-29-26-24-22-20-18-16-14-12-10-8-6-4-2/h5-8,11-14,17-20,23-26,28,30-31,33,53-54,56-60,62-63H,3-4,9-10,15-16,21-22,27,29,32,34-52H2,1-2H3,(H,64,65,66)/b7-5-,8-6-,13-11-,14-12-,19-17-,20-18-,25-23-,26-24-,30-28-,33-31-. The molecule has 1 aliphatic rings. The molecule has 13 heteroatoms. The second kappa shape index (κ2) is 48.4. The molecule has 1 saturated heterocycles. The molecule has 410 valence electrons. The summed E-state index contributed by atoms with van der Waals surface area (Å²) < 4.78 is 59.3. The number of ether oxygens (including phenoxy) is 4. The lowest BCUT2D eigenvalue weighted by Gasteiger charge is -2.41. The quantitative estimate of drug-likeness (QED) is 0.0197. The average Bonchev–Trinajstić information content (AvgIpc) is 3.36. The van der Waals surface area contributed by atoms with Crippen molar-refractivity contribution >= 4 is 16.4 Å². The van der Waals surface area contributed by atoms with E-state index < -0.39 is 59.8 Å². The van der Waals surface area contributed by atoms with E-state index in [-0.39, 0.29) is 19.6 Å². The average molecular weight is 1030 g/mol. The zero-order valence-corrected chi connectivity index (χ0v) is 45.0. The van der Waals surface area contributed by atoms with Gasteiger partial charge in [-0.15, -0.1) is 0 Å². The Bertz CT molecular complexity index is 1710. The van der Waals surface area contributed by atoms with E-state index in [0.29, 0.717) is 13.0 Å². The number of hydrogen-bond donors (Lipinski definition) is 4. The number of allylic oxidation sites excluding steroid dienone is 20. The Hall–Kier alpha value is -3.50. The summed E-state index contributed by atoms with van der Waals surface area (Å²) in [4.78, 5) is 12.9. The van der Waals surface area contributed by atoms with Crippen LogP contribution in [0.1, 0.15) is 181 Å². The van der Waals surface area contributed by atoms with Gasteiger partial charge in [0.05, 0.1) is 19.8 Å². The first-order chi connectivity index (χ1) is 35.1. The highest BCUT2D eigenvalue weighted by atomic mass is 32.3. The van der Waals surface area contributed by atoms with E-state index in [2.05, 4.69) is 140 Å². The highest BCUT2D eigenvalue weighted by Crippen LogP contribution is 2.26. The fourth-order valence-corrected chi connectivity index (χ4v) is 8.06. The minimum Gasteiger partial charge on any atom is -0.457 e. The van der Waals surface area contributed by atoms with Gasteiger partial charge >= 0.3 is 16.4 Å². The summed E-state index contributed by atoms with van der Waals surface area (Å²) in [5.74, 6) is -0.421. The van der Waals surface area contributed by atoms with Crippen LogP contribution in [-0.4, -0.2) is 97.5 Å². The number of unbranched alkanes of at least 4 members (excludes halogenated alkanes) is 13. The molecule has 4 N–H and O–H groups in total. The van der Waals surface area contributed by atoms with Gasteiger partial charge in [-0.25, -0.2) is 4.18 Å². The molecule has 0 aromatic heterocycles. The molecule has 6 unspecified atom stereocenters. The summed E-state index contributed by atoms with van der Waals surface area (Å²) in [7, 11) is -5.08. The number of carbonyl (C=O) groups excluding carboxylic acids is 1. The van der Waals surface area contributed by atoms with Crippen LogP contribution >= 0.6 is 0 Å². The minimum absolute atomic E-state index is 0.0123. The van der Waals surface area contributed by atoms with E-state index in [1.165, 1.54) is 6.42 Å². The van der Waals surface area contributed by atoms with Crippen LogP contribution in [0.15, 0.2) is 122 Å². The van der Waals surface area contributed by atoms with Crippen molar-refractivity contribution in [2.24, 2.45) is 0 Å². The normalized spacial score (nSPS) is 19.9. The Kier molecular flexibility index (Phi) is 44.7. The molecule has 0 amide bonds. The Labute approximate surface area is 436 Å². The van der Waals surface area contributed by atoms with E-state index in [1.807, 2.05) is 0 Å². The minimum atomic E-state index is -5.08. The van der Waals surface area contributed by atoms with Crippen LogP contribution in [0.4, 0.5) is 0 Å². The number of rotatable bonds is 46. The summed E-state index contributed by atoms with van der Waals surface area (Å²) in [6, 6.07) is 0. The fraction of sp³-hybridized carbons (Fsp3) is 0.644. The highest BCUT2D eigenvalue weighted by Gasteiger charge is 2.48. The first kappa shape index (κ1) is 66.5. The molecule has 72 heavy (non-hydrogen) atoms. The lowest BCUT2D eigenvalue weighted by Crippen LogP contribution is -2.60. The van der Waals surface area contributed by atoms with Gasteiger partial charge in [-0.1, -0.05) is 193 Å². The summed E-state index contributed by atoms with van der Waals surface area (Å²) in [6.45, 7) is 3.70. The zero-order valence-electron chi connectivity index (χ0n) is 44.2. The Morgan fingerprint density at radius 2 is 0.917 bits per heavy atom. The van der Waals surface area contributed by atoms with Crippen LogP contribution in [0.25, 0.3) is 0 Å². The monoisotopic (exact) mass is 1030 g/mol. The first-order valence-corrected chi connectivity index (χ1v) is 28.7. The Morgan fingerprint density at radius 1 is 0.528 bits per heavy atom. The van der Waals surface area contributed by atoms with Crippen molar-refractivity contribution < 1.29 is 56.2 Å². The van der Waals surface area contributed by atoms with Crippen LogP contribution < -0.4 is 0 Å². The Balaban J connectivity index is 2.37. The number of carbonyl (C=O) groups is 1. The number of hydrogen-bond acceptors (Lipinski definition) is 11. The summed E-state index contributed by atoms with van der Waals surface area (Å²) >= 11 is 0. The molecule has 0 aromatic carbocycles. The van der Waals surface area contributed by atoms with E-state index >= 15 is 0 Å².